The highest BCUT2D eigenvalue weighted by molar-refractivity contribution is 5.05. The van der Waals surface area contributed by atoms with Gasteiger partial charge in [-0.25, -0.2) is 0 Å². The summed E-state index contributed by atoms with van der Waals surface area (Å²) in [6.07, 6.45) is 12.2. The average Bonchev–Trinajstić information content (AvgIpc) is 2.78. The van der Waals surface area contributed by atoms with Crippen molar-refractivity contribution in [1.29, 1.82) is 0 Å². The van der Waals surface area contributed by atoms with E-state index in [0.29, 0.717) is 0 Å². The molecule has 1 aromatic heterocycles. The van der Waals surface area contributed by atoms with Gasteiger partial charge < -0.3 is 5.11 Å². The van der Waals surface area contributed by atoms with Crippen LogP contribution in [0.4, 0.5) is 0 Å². The molecular weight excluding hydrogens is 212 g/mol. The van der Waals surface area contributed by atoms with Crippen molar-refractivity contribution in [3.63, 3.8) is 0 Å². The number of hydrogen-bond acceptors (Lipinski definition) is 2. The molecule has 0 aliphatic heterocycles. The summed E-state index contributed by atoms with van der Waals surface area (Å²) >= 11 is 0. The van der Waals surface area contributed by atoms with Crippen LogP contribution in [-0.2, 0) is 13.0 Å². The van der Waals surface area contributed by atoms with Gasteiger partial charge in [0.05, 0.1) is 12.3 Å². The summed E-state index contributed by atoms with van der Waals surface area (Å²) in [7, 11) is 0. The largest absolute Gasteiger partial charge is 0.393 e. The molecule has 0 saturated heterocycles. The minimum atomic E-state index is -0.187. The maximum Gasteiger partial charge on any atom is 0.0584 e. The normalized spacial score (nSPS) is 19.4. The minimum Gasteiger partial charge on any atom is -0.393 e. The van der Waals surface area contributed by atoms with Crippen molar-refractivity contribution >= 4 is 0 Å². The molecule has 0 bridgehead atoms. The van der Waals surface area contributed by atoms with E-state index < -0.39 is 0 Å². The summed E-state index contributed by atoms with van der Waals surface area (Å²) < 4.78 is 1.92. The zero-order valence-corrected chi connectivity index (χ0v) is 10.8. The molecule has 1 aliphatic carbocycles. The highest BCUT2D eigenvalue weighted by Crippen LogP contribution is 2.27. The maximum absolute atomic E-state index is 10.1. The number of aryl methyl sites for hydroxylation is 1. The Morgan fingerprint density at radius 2 is 2.18 bits per heavy atom. The summed E-state index contributed by atoms with van der Waals surface area (Å²) in [5, 5.41) is 14.3. The molecule has 2 rings (SSSR count). The molecule has 1 N–H and O–H groups in total. The van der Waals surface area contributed by atoms with Gasteiger partial charge in [-0.2, -0.15) is 5.10 Å². The lowest BCUT2D eigenvalue weighted by Gasteiger charge is -2.23. The summed E-state index contributed by atoms with van der Waals surface area (Å²) in [6.45, 7) is 2.98. The van der Waals surface area contributed by atoms with Crippen LogP contribution >= 0.6 is 0 Å². The SMILES string of the molecule is CCn1cc(CC(O)CC2CCCCC2)cn1. The van der Waals surface area contributed by atoms with Gasteiger partial charge in [0, 0.05) is 19.2 Å². The molecule has 0 radical (unpaired) electrons. The van der Waals surface area contributed by atoms with Gasteiger partial charge in [0.2, 0.25) is 0 Å². The first-order chi connectivity index (χ1) is 8.28. The van der Waals surface area contributed by atoms with Crippen molar-refractivity contribution in [1.82, 2.24) is 9.78 Å². The van der Waals surface area contributed by atoms with E-state index in [-0.39, 0.29) is 6.10 Å². The smallest absolute Gasteiger partial charge is 0.0584 e. The minimum absolute atomic E-state index is 0.187. The topological polar surface area (TPSA) is 38.0 Å². The molecule has 3 heteroatoms. The Kier molecular flexibility index (Phi) is 4.60. The Balaban J connectivity index is 1.77. The van der Waals surface area contributed by atoms with Crippen LogP contribution in [0.2, 0.25) is 0 Å². The Bertz CT molecular complexity index is 329. The number of nitrogens with zero attached hydrogens (tertiary/aromatic N) is 2. The number of aromatic nitrogens is 2. The molecule has 0 spiro atoms. The second kappa shape index (κ2) is 6.20. The fourth-order valence-corrected chi connectivity index (χ4v) is 2.85. The third-order valence-electron chi connectivity index (χ3n) is 3.81. The first kappa shape index (κ1) is 12.6. The molecule has 0 aromatic carbocycles. The standard InChI is InChI=1S/C14H24N2O/c1-2-16-11-13(10-15-16)9-14(17)8-12-6-4-3-5-7-12/h10-12,14,17H,2-9H2,1H3. The van der Waals surface area contributed by atoms with E-state index in [1.54, 1.807) is 0 Å². The fourth-order valence-electron chi connectivity index (χ4n) is 2.85. The summed E-state index contributed by atoms with van der Waals surface area (Å²) in [6, 6.07) is 0. The summed E-state index contributed by atoms with van der Waals surface area (Å²) in [5.41, 5.74) is 1.16. The Labute approximate surface area is 104 Å². The molecule has 0 amide bonds. The van der Waals surface area contributed by atoms with Gasteiger partial charge in [-0.05, 0) is 24.8 Å². The third-order valence-corrected chi connectivity index (χ3v) is 3.81. The van der Waals surface area contributed by atoms with Gasteiger partial charge in [0.1, 0.15) is 0 Å². The molecule has 1 atom stereocenters. The molecule has 1 unspecified atom stereocenters. The quantitative estimate of drug-likeness (QED) is 0.853. The Morgan fingerprint density at radius 3 is 2.82 bits per heavy atom. The van der Waals surface area contributed by atoms with Crippen molar-refractivity contribution in [3.05, 3.63) is 18.0 Å². The van der Waals surface area contributed by atoms with Gasteiger partial charge in [0.25, 0.3) is 0 Å². The van der Waals surface area contributed by atoms with Crippen LogP contribution in [0, 0.1) is 5.92 Å². The van der Waals surface area contributed by atoms with E-state index in [2.05, 4.69) is 12.0 Å². The van der Waals surface area contributed by atoms with E-state index in [4.69, 9.17) is 0 Å². The van der Waals surface area contributed by atoms with Crippen LogP contribution in [0.5, 0.6) is 0 Å². The van der Waals surface area contributed by atoms with Crippen LogP contribution in [0.1, 0.15) is 51.0 Å². The lowest BCUT2D eigenvalue weighted by atomic mass is 9.84. The van der Waals surface area contributed by atoms with Crippen molar-refractivity contribution in [3.8, 4) is 0 Å². The number of aliphatic hydroxyl groups is 1. The zero-order chi connectivity index (χ0) is 12.1. The monoisotopic (exact) mass is 236 g/mol. The van der Waals surface area contributed by atoms with Crippen LogP contribution in [0.3, 0.4) is 0 Å². The second-order valence-electron chi connectivity index (χ2n) is 5.30. The first-order valence-corrected chi connectivity index (χ1v) is 6.97. The van der Waals surface area contributed by atoms with Gasteiger partial charge in [-0.15, -0.1) is 0 Å². The van der Waals surface area contributed by atoms with E-state index in [9.17, 15) is 5.11 Å². The lowest BCUT2D eigenvalue weighted by molar-refractivity contribution is 0.130. The molecule has 1 aromatic rings. The zero-order valence-electron chi connectivity index (χ0n) is 10.8. The van der Waals surface area contributed by atoms with Crippen LogP contribution in [-0.4, -0.2) is 21.0 Å². The fraction of sp³-hybridized carbons (Fsp3) is 0.786. The summed E-state index contributed by atoms with van der Waals surface area (Å²) in [5.74, 6) is 0.750. The maximum atomic E-state index is 10.1. The molecule has 1 aliphatic rings. The highest BCUT2D eigenvalue weighted by Gasteiger charge is 2.18. The third kappa shape index (κ3) is 3.84. The van der Waals surface area contributed by atoms with Crippen LogP contribution in [0.15, 0.2) is 12.4 Å². The average molecular weight is 236 g/mol. The van der Waals surface area contributed by atoms with Crippen LogP contribution in [0.25, 0.3) is 0 Å². The number of hydrogen-bond donors (Lipinski definition) is 1. The first-order valence-electron chi connectivity index (χ1n) is 6.97. The van der Waals surface area contributed by atoms with Crippen molar-refractivity contribution in [2.75, 3.05) is 0 Å². The van der Waals surface area contributed by atoms with E-state index in [1.165, 1.54) is 32.1 Å². The molecule has 96 valence electrons. The molecule has 1 saturated carbocycles. The highest BCUT2D eigenvalue weighted by atomic mass is 16.3. The second-order valence-corrected chi connectivity index (χ2v) is 5.30. The molecule has 1 heterocycles. The van der Waals surface area contributed by atoms with Gasteiger partial charge >= 0.3 is 0 Å². The predicted octanol–water partition coefficient (Wildman–Crippen LogP) is 2.78. The van der Waals surface area contributed by atoms with Gasteiger partial charge in [-0.1, -0.05) is 32.1 Å². The Hall–Kier alpha value is -0.830. The van der Waals surface area contributed by atoms with E-state index in [1.807, 2.05) is 17.1 Å². The van der Waals surface area contributed by atoms with Crippen molar-refractivity contribution < 1.29 is 5.11 Å². The molecule has 3 nitrogen and oxygen atoms in total. The molecule has 17 heavy (non-hydrogen) atoms. The van der Waals surface area contributed by atoms with Crippen molar-refractivity contribution in [2.45, 2.75) is 64.5 Å². The molecule has 1 fully saturated rings. The van der Waals surface area contributed by atoms with Crippen LogP contribution < -0.4 is 0 Å². The van der Waals surface area contributed by atoms with E-state index >= 15 is 0 Å². The predicted molar refractivity (Wildman–Crippen MR) is 68.8 cm³/mol. The van der Waals surface area contributed by atoms with Crippen molar-refractivity contribution in [2.24, 2.45) is 5.92 Å². The lowest BCUT2D eigenvalue weighted by Crippen LogP contribution is -2.18. The number of aliphatic hydroxyl groups excluding tert-OH is 1. The van der Waals surface area contributed by atoms with Gasteiger partial charge in [-0.3, -0.25) is 4.68 Å². The Morgan fingerprint density at radius 1 is 1.41 bits per heavy atom. The molecular formula is C14H24N2O. The van der Waals surface area contributed by atoms with E-state index in [0.717, 1.165) is 30.9 Å². The van der Waals surface area contributed by atoms with Gasteiger partial charge in [0.15, 0.2) is 0 Å². The summed E-state index contributed by atoms with van der Waals surface area (Å²) in [4.78, 5) is 0. The number of rotatable bonds is 5.